The van der Waals surface area contributed by atoms with E-state index >= 15 is 0 Å². The molecule has 1 aliphatic heterocycles. The van der Waals surface area contributed by atoms with Crippen molar-refractivity contribution < 1.29 is 23.1 Å². The molecule has 0 bridgehead atoms. The molecule has 0 aromatic heterocycles. The number of benzene rings is 1. The van der Waals surface area contributed by atoms with Gasteiger partial charge in [0.15, 0.2) is 11.6 Å². The standard InChI is InChI=1S/C16H18F3NO2/c17-11-7-13(19)12(18)5-10(11)8-20-14-4-2-1-3-9(14)6-15(20)16(21)22/h5,7,9,14-15H,1-4,6,8H2,(H,21,22). The van der Waals surface area contributed by atoms with E-state index in [1.54, 1.807) is 4.90 Å². The molecule has 1 N–H and O–H groups in total. The molecular weight excluding hydrogens is 295 g/mol. The van der Waals surface area contributed by atoms with Crippen molar-refractivity contribution in [2.45, 2.75) is 50.7 Å². The second-order valence-electron chi connectivity index (χ2n) is 6.23. The van der Waals surface area contributed by atoms with Gasteiger partial charge in [-0.1, -0.05) is 12.8 Å². The highest BCUT2D eigenvalue weighted by Gasteiger charge is 2.45. The summed E-state index contributed by atoms with van der Waals surface area (Å²) in [7, 11) is 0. The van der Waals surface area contributed by atoms with Crippen LogP contribution in [0.4, 0.5) is 13.2 Å². The Bertz CT molecular complexity index is 593. The number of hydrogen-bond donors (Lipinski definition) is 1. The smallest absolute Gasteiger partial charge is 0.320 e. The van der Waals surface area contributed by atoms with Crippen molar-refractivity contribution in [1.82, 2.24) is 4.90 Å². The molecule has 3 unspecified atom stereocenters. The molecule has 1 aromatic rings. The van der Waals surface area contributed by atoms with Gasteiger partial charge in [-0.15, -0.1) is 0 Å². The highest BCUT2D eigenvalue weighted by molar-refractivity contribution is 5.74. The molecule has 1 heterocycles. The van der Waals surface area contributed by atoms with E-state index in [4.69, 9.17) is 0 Å². The number of carbonyl (C=O) groups is 1. The zero-order valence-corrected chi connectivity index (χ0v) is 12.1. The lowest BCUT2D eigenvalue weighted by atomic mass is 9.84. The van der Waals surface area contributed by atoms with Crippen LogP contribution in [0.25, 0.3) is 0 Å². The molecule has 3 nitrogen and oxygen atoms in total. The molecule has 1 saturated carbocycles. The first kappa shape index (κ1) is 15.3. The fourth-order valence-electron chi connectivity index (χ4n) is 3.90. The Morgan fingerprint density at radius 1 is 1.14 bits per heavy atom. The maximum Gasteiger partial charge on any atom is 0.320 e. The minimum absolute atomic E-state index is 0.00116. The average Bonchev–Trinajstić information content (AvgIpc) is 2.84. The number of hydrogen-bond acceptors (Lipinski definition) is 2. The minimum atomic E-state index is -1.23. The monoisotopic (exact) mass is 313 g/mol. The van der Waals surface area contributed by atoms with Crippen LogP contribution >= 0.6 is 0 Å². The summed E-state index contributed by atoms with van der Waals surface area (Å²) in [6, 6.07) is 0.761. The summed E-state index contributed by atoms with van der Waals surface area (Å²) >= 11 is 0. The Balaban J connectivity index is 1.88. The molecule has 2 fully saturated rings. The molecular formula is C16H18F3NO2. The minimum Gasteiger partial charge on any atom is -0.480 e. The Morgan fingerprint density at radius 2 is 1.82 bits per heavy atom. The number of nitrogens with zero attached hydrogens (tertiary/aromatic N) is 1. The zero-order chi connectivity index (χ0) is 15.9. The van der Waals surface area contributed by atoms with E-state index in [0.717, 1.165) is 31.7 Å². The first-order valence-corrected chi connectivity index (χ1v) is 7.59. The van der Waals surface area contributed by atoms with E-state index in [2.05, 4.69) is 0 Å². The van der Waals surface area contributed by atoms with Gasteiger partial charge >= 0.3 is 5.97 Å². The number of halogens is 3. The van der Waals surface area contributed by atoms with E-state index in [0.29, 0.717) is 18.4 Å². The third-order valence-corrected chi connectivity index (χ3v) is 4.95. The number of carboxylic acids is 1. The number of likely N-dealkylation sites (tertiary alicyclic amines) is 1. The Kier molecular flexibility index (Phi) is 4.12. The molecule has 22 heavy (non-hydrogen) atoms. The summed E-state index contributed by atoms with van der Waals surface area (Å²) in [5.74, 6) is -3.81. The van der Waals surface area contributed by atoms with Crippen molar-refractivity contribution >= 4 is 5.97 Å². The van der Waals surface area contributed by atoms with Gasteiger partial charge in [-0.05, 0) is 31.2 Å². The summed E-state index contributed by atoms with van der Waals surface area (Å²) in [5, 5.41) is 9.41. The predicted molar refractivity (Wildman–Crippen MR) is 73.6 cm³/mol. The Hall–Kier alpha value is -1.56. The lowest BCUT2D eigenvalue weighted by Crippen LogP contribution is -2.41. The molecule has 0 radical (unpaired) electrons. The van der Waals surface area contributed by atoms with Gasteiger partial charge in [-0.25, -0.2) is 13.2 Å². The van der Waals surface area contributed by atoms with Gasteiger partial charge in [0.25, 0.3) is 0 Å². The van der Waals surface area contributed by atoms with Crippen molar-refractivity contribution in [3.8, 4) is 0 Å². The molecule has 1 saturated heterocycles. The summed E-state index contributed by atoms with van der Waals surface area (Å²) in [5.41, 5.74) is 0.0105. The highest BCUT2D eigenvalue weighted by Crippen LogP contribution is 2.40. The van der Waals surface area contributed by atoms with Crippen LogP contribution in [-0.4, -0.2) is 28.1 Å². The second-order valence-corrected chi connectivity index (χ2v) is 6.23. The predicted octanol–water partition coefficient (Wildman–Crippen LogP) is 3.32. The van der Waals surface area contributed by atoms with Crippen molar-refractivity contribution in [2.75, 3.05) is 0 Å². The summed E-state index contributed by atoms with van der Waals surface area (Å²) in [4.78, 5) is 13.2. The Morgan fingerprint density at radius 3 is 2.55 bits per heavy atom. The van der Waals surface area contributed by atoms with Crippen LogP contribution < -0.4 is 0 Å². The van der Waals surface area contributed by atoms with Crippen molar-refractivity contribution in [3.05, 3.63) is 35.1 Å². The average molecular weight is 313 g/mol. The molecule has 120 valence electrons. The third-order valence-electron chi connectivity index (χ3n) is 4.95. The zero-order valence-electron chi connectivity index (χ0n) is 12.1. The maximum absolute atomic E-state index is 13.9. The molecule has 3 rings (SSSR count). The molecule has 0 spiro atoms. The molecule has 1 aliphatic carbocycles. The fraction of sp³-hybridized carbons (Fsp3) is 0.562. The van der Waals surface area contributed by atoms with Crippen LogP contribution in [-0.2, 0) is 11.3 Å². The van der Waals surface area contributed by atoms with E-state index in [1.165, 1.54) is 0 Å². The largest absolute Gasteiger partial charge is 0.480 e. The summed E-state index contributed by atoms with van der Waals surface area (Å²) < 4.78 is 40.2. The van der Waals surface area contributed by atoms with Crippen molar-refractivity contribution in [3.63, 3.8) is 0 Å². The molecule has 6 heteroatoms. The molecule has 2 aliphatic rings. The lowest BCUT2D eigenvalue weighted by Gasteiger charge is -2.33. The van der Waals surface area contributed by atoms with Crippen LogP contribution in [0.1, 0.15) is 37.7 Å². The summed E-state index contributed by atoms with van der Waals surface area (Å²) in [6.45, 7) is 0.00116. The van der Waals surface area contributed by atoms with Crippen LogP contribution in [0.5, 0.6) is 0 Å². The van der Waals surface area contributed by atoms with E-state index < -0.39 is 29.5 Å². The normalized spacial score (nSPS) is 28.6. The van der Waals surface area contributed by atoms with Gasteiger partial charge in [-0.3, -0.25) is 9.69 Å². The topological polar surface area (TPSA) is 40.5 Å². The molecule has 1 aromatic carbocycles. The van der Waals surface area contributed by atoms with Gasteiger partial charge < -0.3 is 5.11 Å². The molecule has 3 atom stereocenters. The van der Waals surface area contributed by atoms with Gasteiger partial charge in [0.05, 0.1) is 0 Å². The third kappa shape index (κ3) is 2.72. The fourth-order valence-corrected chi connectivity index (χ4v) is 3.90. The SMILES string of the molecule is O=C(O)C1CC2CCCCC2N1Cc1cc(F)c(F)cc1F. The first-order chi connectivity index (χ1) is 10.5. The van der Waals surface area contributed by atoms with Crippen LogP contribution in [0, 0.1) is 23.4 Å². The van der Waals surface area contributed by atoms with Crippen LogP contribution in [0.15, 0.2) is 12.1 Å². The first-order valence-electron chi connectivity index (χ1n) is 7.59. The number of carboxylic acid groups (broad SMARTS) is 1. The lowest BCUT2D eigenvalue weighted by molar-refractivity contribution is -0.142. The van der Waals surface area contributed by atoms with Gasteiger partial charge in [-0.2, -0.15) is 0 Å². The van der Waals surface area contributed by atoms with Crippen molar-refractivity contribution in [1.29, 1.82) is 0 Å². The van der Waals surface area contributed by atoms with E-state index in [9.17, 15) is 23.1 Å². The quantitative estimate of drug-likeness (QED) is 0.870. The van der Waals surface area contributed by atoms with Crippen LogP contribution in [0.3, 0.4) is 0 Å². The van der Waals surface area contributed by atoms with Gasteiger partial charge in [0.2, 0.25) is 0 Å². The van der Waals surface area contributed by atoms with Gasteiger partial charge in [0.1, 0.15) is 11.9 Å². The summed E-state index contributed by atoms with van der Waals surface area (Å²) in [6.07, 6.45) is 4.50. The van der Waals surface area contributed by atoms with Crippen LogP contribution in [0.2, 0.25) is 0 Å². The van der Waals surface area contributed by atoms with E-state index in [-0.39, 0.29) is 18.2 Å². The molecule has 0 amide bonds. The number of aliphatic carboxylic acids is 1. The van der Waals surface area contributed by atoms with Crippen molar-refractivity contribution in [2.24, 2.45) is 5.92 Å². The number of fused-ring (bicyclic) bond motifs is 1. The number of rotatable bonds is 3. The highest BCUT2D eigenvalue weighted by atomic mass is 19.2. The Labute approximate surface area is 126 Å². The maximum atomic E-state index is 13.9. The second kappa shape index (κ2) is 5.91. The van der Waals surface area contributed by atoms with E-state index in [1.807, 2.05) is 0 Å². The van der Waals surface area contributed by atoms with Gasteiger partial charge in [0, 0.05) is 24.2 Å².